The number of hydrogen-bond acceptors (Lipinski definition) is 9. The van der Waals surface area contributed by atoms with Gasteiger partial charge in [-0.2, -0.15) is 18.2 Å². The Kier molecular flexibility index (Phi) is 5.96. The summed E-state index contributed by atoms with van der Waals surface area (Å²) in [6.45, 7) is 1.78. The first-order valence-electron chi connectivity index (χ1n) is 9.78. The Bertz CT molecular complexity index is 1180. The zero-order valence-corrected chi connectivity index (χ0v) is 17.1. The minimum atomic E-state index is -4.68. The quantitative estimate of drug-likeness (QED) is 0.522. The largest absolute Gasteiger partial charge is 0.417 e. The number of carbonyl (C=O) groups excluding carboxylic acids is 1. The second-order valence-electron chi connectivity index (χ2n) is 7.11. The fourth-order valence-electron chi connectivity index (χ4n) is 3.23. The number of nitrogens with two attached hydrogens (primary N) is 2. The molecule has 1 saturated heterocycles. The molecule has 0 aromatic carbocycles. The highest BCUT2D eigenvalue weighted by atomic mass is 19.4. The van der Waals surface area contributed by atoms with Crippen molar-refractivity contribution in [1.82, 2.24) is 19.9 Å². The number of halogens is 3. The van der Waals surface area contributed by atoms with Crippen molar-refractivity contribution in [3.63, 3.8) is 0 Å². The molecule has 0 spiro atoms. The first-order valence-corrected chi connectivity index (χ1v) is 9.78. The lowest BCUT2D eigenvalue weighted by molar-refractivity contribution is -0.137. The molecule has 0 aliphatic carbocycles. The van der Waals surface area contributed by atoms with E-state index < -0.39 is 17.6 Å². The number of primary amides is 1. The van der Waals surface area contributed by atoms with Gasteiger partial charge in [-0.25, -0.2) is 15.0 Å². The maximum Gasteiger partial charge on any atom is 0.417 e. The van der Waals surface area contributed by atoms with Gasteiger partial charge >= 0.3 is 6.18 Å². The van der Waals surface area contributed by atoms with E-state index in [4.69, 9.17) is 16.2 Å². The molecule has 10 nitrogen and oxygen atoms in total. The first kappa shape index (κ1) is 22.2. The van der Waals surface area contributed by atoms with E-state index in [0.29, 0.717) is 26.3 Å². The molecule has 33 heavy (non-hydrogen) atoms. The van der Waals surface area contributed by atoms with Crippen LogP contribution in [0.4, 0.5) is 36.6 Å². The topological polar surface area (TPSA) is 145 Å². The molecular weight excluding hydrogens is 441 g/mol. The van der Waals surface area contributed by atoms with Crippen LogP contribution in [-0.4, -0.2) is 52.1 Å². The van der Waals surface area contributed by atoms with Crippen LogP contribution in [0.5, 0.6) is 0 Å². The highest BCUT2D eigenvalue weighted by Gasteiger charge is 2.35. The van der Waals surface area contributed by atoms with Gasteiger partial charge in [0, 0.05) is 42.7 Å². The van der Waals surface area contributed by atoms with Crippen LogP contribution in [-0.2, 0) is 10.9 Å². The monoisotopic (exact) mass is 460 g/mol. The predicted octanol–water partition coefficient (Wildman–Crippen LogP) is 2.21. The zero-order valence-electron chi connectivity index (χ0n) is 17.1. The molecule has 0 radical (unpaired) electrons. The van der Waals surface area contributed by atoms with Crippen LogP contribution in [0.25, 0.3) is 11.3 Å². The number of alkyl halides is 3. The molecule has 1 aliphatic heterocycles. The number of aromatic nitrogens is 4. The van der Waals surface area contributed by atoms with Crippen LogP contribution in [0.15, 0.2) is 36.7 Å². The van der Waals surface area contributed by atoms with Crippen LogP contribution in [0, 0.1) is 0 Å². The van der Waals surface area contributed by atoms with Crippen molar-refractivity contribution in [2.75, 3.05) is 42.3 Å². The molecule has 1 aliphatic rings. The van der Waals surface area contributed by atoms with Gasteiger partial charge in [-0.05, 0) is 18.2 Å². The average Bonchev–Trinajstić information content (AvgIpc) is 2.79. The smallest absolute Gasteiger partial charge is 0.384 e. The van der Waals surface area contributed by atoms with Crippen molar-refractivity contribution >= 4 is 29.3 Å². The first-order chi connectivity index (χ1) is 15.7. The summed E-state index contributed by atoms with van der Waals surface area (Å²) in [5.74, 6) is -0.315. The van der Waals surface area contributed by atoms with Gasteiger partial charge in [-0.3, -0.25) is 4.79 Å². The average molecular weight is 460 g/mol. The van der Waals surface area contributed by atoms with Crippen molar-refractivity contribution in [3.05, 3.63) is 47.8 Å². The number of hydrogen-bond donors (Lipinski definition) is 3. The second-order valence-corrected chi connectivity index (χ2v) is 7.11. The van der Waals surface area contributed by atoms with Gasteiger partial charge in [0.1, 0.15) is 17.5 Å². The van der Waals surface area contributed by atoms with Gasteiger partial charge in [0.15, 0.2) is 0 Å². The number of nitrogens with zero attached hydrogens (tertiary/aromatic N) is 5. The molecule has 3 aromatic rings. The molecule has 4 heterocycles. The summed E-state index contributed by atoms with van der Waals surface area (Å²) in [6.07, 6.45) is -2.28. The summed E-state index contributed by atoms with van der Waals surface area (Å²) < 4.78 is 46.5. The number of nitrogens with one attached hydrogen (secondary N) is 1. The molecule has 0 saturated carbocycles. The lowest BCUT2D eigenvalue weighted by atomic mass is 10.1. The zero-order chi connectivity index (χ0) is 23.6. The number of rotatable bonds is 5. The van der Waals surface area contributed by atoms with E-state index in [-0.39, 0.29) is 40.2 Å². The van der Waals surface area contributed by atoms with E-state index in [1.54, 1.807) is 4.90 Å². The third-order valence-electron chi connectivity index (χ3n) is 4.82. The van der Waals surface area contributed by atoms with Gasteiger partial charge in [-0.15, -0.1) is 0 Å². The Balaban J connectivity index is 1.81. The van der Waals surface area contributed by atoms with Gasteiger partial charge in [0.05, 0.1) is 24.5 Å². The number of anilines is 4. The standard InChI is InChI=1S/C20H19F3N8O2/c21-20(22,23)13-8-15(24)27-10-12(13)14-9-17(29-16-7-11(18(25)32)1-2-26-16)30-19(28-14)31-3-5-33-6-4-31/h1-2,7-10H,3-6H2,(H2,24,27)(H2,25,32)(H,26,28,29,30). The highest BCUT2D eigenvalue weighted by Crippen LogP contribution is 2.38. The van der Waals surface area contributed by atoms with Gasteiger partial charge < -0.3 is 26.4 Å². The summed E-state index contributed by atoms with van der Waals surface area (Å²) in [6, 6.07) is 4.94. The molecule has 172 valence electrons. The molecule has 1 amide bonds. The van der Waals surface area contributed by atoms with Crippen molar-refractivity contribution in [1.29, 1.82) is 0 Å². The fourth-order valence-corrected chi connectivity index (χ4v) is 3.23. The van der Waals surface area contributed by atoms with Crippen LogP contribution < -0.4 is 21.7 Å². The van der Waals surface area contributed by atoms with Gasteiger partial charge in [-0.1, -0.05) is 0 Å². The number of pyridine rings is 2. The Morgan fingerprint density at radius 3 is 2.55 bits per heavy atom. The molecular formula is C20H19F3N8O2. The van der Waals surface area contributed by atoms with Crippen molar-refractivity contribution < 1.29 is 22.7 Å². The van der Waals surface area contributed by atoms with E-state index in [9.17, 15) is 18.0 Å². The van der Waals surface area contributed by atoms with Crippen LogP contribution in [0.3, 0.4) is 0 Å². The molecule has 3 aromatic heterocycles. The second kappa shape index (κ2) is 8.86. The minimum Gasteiger partial charge on any atom is -0.384 e. The normalized spacial score (nSPS) is 14.2. The molecule has 4 rings (SSSR count). The lowest BCUT2D eigenvalue weighted by Crippen LogP contribution is -2.37. The third kappa shape index (κ3) is 5.09. The van der Waals surface area contributed by atoms with Crippen molar-refractivity contribution in [2.24, 2.45) is 5.73 Å². The van der Waals surface area contributed by atoms with E-state index in [1.807, 2.05) is 0 Å². The molecule has 0 bridgehead atoms. The van der Waals surface area contributed by atoms with Crippen molar-refractivity contribution in [3.8, 4) is 11.3 Å². The maximum atomic E-state index is 13.7. The number of morpholine rings is 1. The molecule has 0 atom stereocenters. The number of amides is 1. The Morgan fingerprint density at radius 1 is 1.09 bits per heavy atom. The lowest BCUT2D eigenvalue weighted by Gasteiger charge is -2.27. The molecule has 5 N–H and O–H groups in total. The summed E-state index contributed by atoms with van der Waals surface area (Å²) in [5, 5.41) is 2.90. The third-order valence-corrected chi connectivity index (χ3v) is 4.82. The number of ether oxygens (including phenoxy) is 1. The summed E-state index contributed by atoms with van der Waals surface area (Å²) in [4.78, 5) is 30.0. The summed E-state index contributed by atoms with van der Waals surface area (Å²) in [7, 11) is 0. The SMILES string of the molecule is NC(=O)c1ccnc(Nc2cc(-c3cnc(N)cc3C(F)(F)F)nc(N3CCOCC3)n2)c1. The molecule has 1 fully saturated rings. The van der Waals surface area contributed by atoms with E-state index in [1.165, 1.54) is 24.4 Å². The minimum absolute atomic E-state index is 0.0140. The van der Waals surface area contributed by atoms with E-state index >= 15 is 0 Å². The van der Waals surface area contributed by atoms with Crippen LogP contribution >= 0.6 is 0 Å². The number of carbonyl (C=O) groups is 1. The van der Waals surface area contributed by atoms with Crippen LogP contribution in [0.2, 0.25) is 0 Å². The Labute approximate surface area is 185 Å². The van der Waals surface area contributed by atoms with Crippen molar-refractivity contribution in [2.45, 2.75) is 6.18 Å². The maximum absolute atomic E-state index is 13.7. The van der Waals surface area contributed by atoms with E-state index in [0.717, 1.165) is 12.3 Å². The Morgan fingerprint density at radius 2 is 1.85 bits per heavy atom. The fraction of sp³-hybridized carbons (Fsp3) is 0.250. The van der Waals surface area contributed by atoms with E-state index in [2.05, 4.69) is 25.3 Å². The number of nitrogen functional groups attached to an aromatic ring is 1. The van der Waals surface area contributed by atoms with Crippen LogP contribution in [0.1, 0.15) is 15.9 Å². The molecule has 13 heteroatoms. The predicted molar refractivity (Wildman–Crippen MR) is 114 cm³/mol. The highest BCUT2D eigenvalue weighted by molar-refractivity contribution is 5.93. The van der Waals surface area contributed by atoms with Gasteiger partial charge in [0.2, 0.25) is 11.9 Å². The summed E-state index contributed by atoms with van der Waals surface area (Å²) >= 11 is 0. The van der Waals surface area contributed by atoms with Gasteiger partial charge in [0.25, 0.3) is 0 Å². The molecule has 0 unspecified atom stereocenters. The Hall–Kier alpha value is -4.00. The summed E-state index contributed by atoms with van der Waals surface area (Å²) in [5.41, 5.74) is 9.77.